The number of benzene rings is 2. The number of halogens is 2. The first-order chi connectivity index (χ1) is 9.88. The molecule has 0 spiro atoms. The van der Waals surface area contributed by atoms with Crippen LogP contribution in [0.5, 0.6) is 0 Å². The minimum Gasteiger partial charge on any atom is -0.398 e. The average molecular weight is 373 g/mol. The largest absolute Gasteiger partial charge is 0.398 e. The quantitative estimate of drug-likeness (QED) is 0.792. The lowest BCUT2D eigenvalue weighted by molar-refractivity contribution is 0.581. The molecule has 0 saturated carbocycles. The molecule has 0 radical (unpaired) electrons. The van der Waals surface area contributed by atoms with Gasteiger partial charge in [-0.2, -0.15) is 0 Å². The summed E-state index contributed by atoms with van der Waals surface area (Å²) < 4.78 is 40.3. The number of anilines is 1. The molecule has 2 aromatic carbocycles. The summed E-state index contributed by atoms with van der Waals surface area (Å²) in [6.45, 7) is 0.182. The second kappa shape index (κ2) is 6.55. The van der Waals surface area contributed by atoms with E-state index >= 15 is 0 Å². The van der Waals surface area contributed by atoms with Crippen molar-refractivity contribution < 1.29 is 12.8 Å². The summed E-state index contributed by atoms with van der Waals surface area (Å²) in [5.74, 6) is -0.337. The molecule has 0 aliphatic carbocycles. The van der Waals surface area contributed by atoms with Crippen molar-refractivity contribution in [1.82, 2.24) is 4.72 Å². The van der Waals surface area contributed by atoms with Gasteiger partial charge in [-0.3, -0.25) is 0 Å². The number of nitrogens with two attached hydrogens (primary N) is 1. The molecule has 112 valence electrons. The third kappa shape index (κ3) is 4.26. The molecule has 7 heteroatoms. The number of nitrogens with one attached hydrogen (secondary N) is 1. The molecule has 0 fully saturated rings. The van der Waals surface area contributed by atoms with Gasteiger partial charge in [0.25, 0.3) is 0 Å². The maximum atomic E-state index is 13.0. The van der Waals surface area contributed by atoms with Crippen LogP contribution in [0.2, 0.25) is 0 Å². The molecule has 2 rings (SSSR count). The van der Waals surface area contributed by atoms with Gasteiger partial charge in [-0.15, -0.1) is 0 Å². The molecule has 0 atom stereocenters. The lowest BCUT2D eigenvalue weighted by Crippen LogP contribution is -2.26. The predicted octanol–water partition coefficient (Wildman–Crippen LogP) is 2.69. The molecule has 3 N–H and O–H groups in total. The van der Waals surface area contributed by atoms with Crippen molar-refractivity contribution in [3.05, 3.63) is 58.3 Å². The van der Waals surface area contributed by atoms with E-state index in [0.29, 0.717) is 16.6 Å². The van der Waals surface area contributed by atoms with Gasteiger partial charge in [0, 0.05) is 16.7 Å². The van der Waals surface area contributed by atoms with Crippen LogP contribution in [0.3, 0.4) is 0 Å². The Bertz CT molecular complexity index is 750. The van der Waals surface area contributed by atoms with Crippen LogP contribution in [0.4, 0.5) is 10.1 Å². The summed E-state index contributed by atoms with van der Waals surface area (Å²) in [7, 11) is -3.62. The van der Waals surface area contributed by atoms with E-state index in [1.165, 1.54) is 24.3 Å². The molecule has 0 aromatic heterocycles. The SMILES string of the molecule is Nc1cc(S(=O)(=O)NCCc2cccc(F)c2)ccc1Br. The minimum absolute atomic E-state index is 0.0995. The lowest BCUT2D eigenvalue weighted by Gasteiger charge is -2.08. The van der Waals surface area contributed by atoms with Gasteiger partial charge < -0.3 is 5.73 Å². The Morgan fingerprint density at radius 1 is 1.19 bits per heavy atom. The van der Waals surface area contributed by atoms with Crippen LogP contribution in [0.25, 0.3) is 0 Å². The van der Waals surface area contributed by atoms with Crippen molar-refractivity contribution in [2.75, 3.05) is 12.3 Å². The highest BCUT2D eigenvalue weighted by Gasteiger charge is 2.14. The normalized spacial score (nSPS) is 11.5. The minimum atomic E-state index is -3.62. The maximum Gasteiger partial charge on any atom is 0.240 e. The zero-order valence-corrected chi connectivity index (χ0v) is 13.4. The first-order valence-electron chi connectivity index (χ1n) is 6.17. The van der Waals surface area contributed by atoms with Crippen molar-refractivity contribution in [3.63, 3.8) is 0 Å². The number of rotatable bonds is 5. The molecule has 0 bridgehead atoms. The first-order valence-corrected chi connectivity index (χ1v) is 8.45. The zero-order valence-electron chi connectivity index (χ0n) is 11.0. The van der Waals surface area contributed by atoms with Crippen molar-refractivity contribution in [3.8, 4) is 0 Å². The van der Waals surface area contributed by atoms with Gasteiger partial charge in [0.05, 0.1) is 4.90 Å². The highest BCUT2D eigenvalue weighted by atomic mass is 79.9. The number of hydrogen-bond acceptors (Lipinski definition) is 3. The summed E-state index contributed by atoms with van der Waals surface area (Å²) in [5.41, 5.74) is 6.75. The van der Waals surface area contributed by atoms with Crippen LogP contribution in [-0.2, 0) is 16.4 Å². The number of hydrogen-bond donors (Lipinski definition) is 2. The van der Waals surface area contributed by atoms with Gasteiger partial charge in [-0.1, -0.05) is 12.1 Å². The van der Waals surface area contributed by atoms with E-state index in [1.807, 2.05) is 0 Å². The number of nitrogen functional groups attached to an aromatic ring is 1. The van der Waals surface area contributed by atoms with Crippen molar-refractivity contribution in [1.29, 1.82) is 0 Å². The van der Waals surface area contributed by atoms with Crippen molar-refractivity contribution in [2.45, 2.75) is 11.3 Å². The Hall–Kier alpha value is -1.44. The Labute approximate surface area is 131 Å². The first kappa shape index (κ1) is 15.9. The summed E-state index contributed by atoms with van der Waals surface area (Å²) in [6, 6.07) is 10.5. The second-order valence-corrected chi connectivity index (χ2v) is 7.08. The molecule has 2 aromatic rings. The standard InChI is InChI=1S/C14H14BrFN2O2S/c15-13-5-4-12(9-14(13)17)21(19,20)18-7-6-10-2-1-3-11(16)8-10/h1-5,8-9,18H,6-7,17H2. The van der Waals surface area contributed by atoms with E-state index in [1.54, 1.807) is 18.2 Å². The Morgan fingerprint density at radius 2 is 1.95 bits per heavy atom. The predicted molar refractivity (Wildman–Crippen MR) is 83.8 cm³/mol. The topological polar surface area (TPSA) is 72.2 Å². The third-order valence-electron chi connectivity index (χ3n) is 2.87. The fraction of sp³-hybridized carbons (Fsp3) is 0.143. The fourth-order valence-electron chi connectivity index (χ4n) is 1.79. The third-order valence-corrected chi connectivity index (χ3v) is 5.05. The summed E-state index contributed by atoms with van der Waals surface area (Å²) >= 11 is 3.21. The van der Waals surface area contributed by atoms with Crippen molar-refractivity contribution >= 4 is 31.6 Å². The monoisotopic (exact) mass is 372 g/mol. The van der Waals surface area contributed by atoms with Gasteiger partial charge in [0.2, 0.25) is 10.0 Å². The Balaban J connectivity index is 2.03. The molecule has 0 amide bonds. The lowest BCUT2D eigenvalue weighted by atomic mass is 10.1. The molecule has 0 aliphatic rings. The van der Waals surface area contributed by atoms with Crippen LogP contribution >= 0.6 is 15.9 Å². The van der Waals surface area contributed by atoms with Crippen LogP contribution in [0.1, 0.15) is 5.56 Å². The molecule has 4 nitrogen and oxygen atoms in total. The van der Waals surface area contributed by atoms with E-state index in [0.717, 1.165) is 5.56 Å². The van der Waals surface area contributed by atoms with Gasteiger partial charge in [0.15, 0.2) is 0 Å². The smallest absolute Gasteiger partial charge is 0.240 e. The molecule has 0 unspecified atom stereocenters. The average Bonchev–Trinajstić information content (AvgIpc) is 2.41. The highest BCUT2D eigenvalue weighted by Crippen LogP contribution is 2.22. The molecular weight excluding hydrogens is 359 g/mol. The van der Waals surface area contributed by atoms with E-state index in [9.17, 15) is 12.8 Å². The van der Waals surface area contributed by atoms with E-state index in [-0.39, 0.29) is 17.3 Å². The highest BCUT2D eigenvalue weighted by molar-refractivity contribution is 9.10. The van der Waals surface area contributed by atoms with Crippen LogP contribution in [0.15, 0.2) is 51.8 Å². The van der Waals surface area contributed by atoms with Crippen LogP contribution in [-0.4, -0.2) is 15.0 Å². The summed E-state index contributed by atoms with van der Waals surface area (Å²) in [4.78, 5) is 0.0995. The second-order valence-electron chi connectivity index (χ2n) is 4.46. The van der Waals surface area contributed by atoms with Gasteiger partial charge >= 0.3 is 0 Å². The van der Waals surface area contributed by atoms with E-state index in [4.69, 9.17) is 5.73 Å². The van der Waals surface area contributed by atoms with Crippen molar-refractivity contribution in [2.24, 2.45) is 0 Å². The van der Waals surface area contributed by atoms with Gasteiger partial charge in [-0.25, -0.2) is 17.5 Å². The molecular formula is C14H14BrFN2O2S. The maximum absolute atomic E-state index is 13.0. The summed E-state index contributed by atoms with van der Waals surface area (Å²) in [5, 5.41) is 0. The molecule has 0 aliphatic heterocycles. The van der Waals surface area contributed by atoms with E-state index in [2.05, 4.69) is 20.7 Å². The van der Waals surface area contributed by atoms with Gasteiger partial charge in [0.1, 0.15) is 5.82 Å². The summed E-state index contributed by atoms with van der Waals surface area (Å²) in [6.07, 6.45) is 0.406. The zero-order chi connectivity index (χ0) is 15.5. The fourth-order valence-corrected chi connectivity index (χ4v) is 3.11. The van der Waals surface area contributed by atoms with Crippen LogP contribution < -0.4 is 10.5 Å². The Kier molecular flexibility index (Phi) is 4.97. The van der Waals surface area contributed by atoms with Crippen LogP contribution in [0, 0.1) is 5.82 Å². The molecule has 0 heterocycles. The molecule has 0 saturated heterocycles. The number of sulfonamides is 1. The molecule has 21 heavy (non-hydrogen) atoms. The van der Waals surface area contributed by atoms with E-state index < -0.39 is 10.0 Å². The van der Waals surface area contributed by atoms with Gasteiger partial charge in [-0.05, 0) is 58.2 Å². The Morgan fingerprint density at radius 3 is 2.62 bits per heavy atom.